The first kappa shape index (κ1) is 57.5. The Hall–Kier alpha value is -6.41. The zero-order chi connectivity index (χ0) is 54.1. The van der Waals surface area contributed by atoms with Gasteiger partial charge in [-0.1, -0.05) is 52.3 Å². The number of hydrogen-bond acceptors (Lipinski definition) is 14. The molecule has 2 aromatic carbocycles. The van der Waals surface area contributed by atoms with Crippen LogP contribution in [0, 0.1) is 5.41 Å². The maximum atomic E-state index is 13.2. The highest BCUT2D eigenvalue weighted by atomic mass is 32.2. The fourth-order valence-electron chi connectivity index (χ4n) is 8.71. The number of unbranched alkanes of at least 4 members (excludes halogenated alkanes) is 2. The molecule has 0 aliphatic carbocycles. The first-order chi connectivity index (χ1) is 34.1. The molecule has 5 rings (SSSR count). The molecule has 3 aliphatic rings. The highest BCUT2D eigenvalue weighted by molar-refractivity contribution is 8.00. The third-order valence-electron chi connectivity index (χ3n) is 12.7. The van der Waals surface area contributed by atoms with E-state index < -0.39 is 77.9 Å². The average molecular weight is 1070 g/mol. The summed E-state index contributed by atoms with van der Waals surface area (Å²) >= 11 is 0.980. The zero-order valence-electron chi connectivity index (χ0n) is 41.3. The lowest BCUT2D eigenvalue weighted by Crippen LogP contribution is -2.53. The number of rotatable bonds is 25. The fraction of sp³-hybridized carbons (Fsp3) is 0.458. The predicted octanol–water partition coefficient (Wildman–Crippen LogP) is 2.61. The van der Waals surface area contributed by atoms with E-state index in [1.165, 1.54) is 31.2 Å². The molecule has 0 aromatic heterocycles. The number of carbonyl (C=O) groups excluding carboxylic acids is 6. The second-order valence-electron chi connectivity index (χ2n) is 18.8. The molecule has 22 nitrogen and oxygen atoms in total. The average Bonchev–Trinajstić information content (AvgIpc) is 3.80. The summed E-state index contributed by atoms with van der Waals surface area (Å²) in [7, 11) is -8.88. The van der Waals surface area contributed by atoms with Crippen LogP contribution in [0.5, 0.6) is 0 Å². The number of aliphatic imine (C=N–C) groups is 1. The summed E-state index contributed by atoms with van der Waals surface area (Å²) < 4.78 is 67.2. The van der Waals surface area contributed by atoms with E-state index in [0.717, 1.165) is 28.0 Å². The van der Waals surface area contributed by atoms with Gasteiger partial charge < -0.3 is 37.6 Å². The lowest BCUT2D eigenvalue weighted by molar-refractivity contribution is -0.138. The molecule has 0 bridgehead atoms. The van der Waals surface area contributed by atoms with Crippen molar-refractivity contribution in [1.82, 2.24) is 26.2 Å². The Morgan fingerprint density at radius 3 is 2.15 bits per heavy atom. The Morgan fingerprint density at radius 1 is 0.836 bits per heavy atom. The summed E-state index contributed by atoms with van der Waals surface area (Å²) in [6, 6.07) is 6.52. The number of hydrogen-bond donors (Lipinski definition) is 9. The van der Waals surface area contributed by atoms with Crippen LogP contribution in [-0.4, -0.2) is 127 Å². The molecule has 73 heavy (non-hydrogen) atoms. The van der Waals surface area contributed by atoms with Crippen LogP contribution in [0.15, 0.2) is 87.3 Å². The number of imide groups is 1. The van der Waals surface area contributed by atoms with Crippen molar-refractivity contribution in [3.05, 3.63) is 83.6 Å². The number of likely N-dealkylation sites (tertiary alicyclic amines) is 1. The number of nitrogens with one attached hydrogen (secondary N) is 5. The van der Waals surface area contributed by atoms with Gasteiger partial charge in [-0.2, -0.15) is 16.8 Å². The van der Waals surface area contributed by atoms with Crippen LogP contribution >= 0.6 is 11.8 Å². The van der Waals surface area contributed by atoms with Gasteiger partial charge in [0.25, 0.3) is 20.2 Å². The first-order valence-electron chi connectivity index (χ1n) is 23.5. The topological polar surface area (TPSA) is 354 Å². The van der Waals surface area contributed by atoms with Gasteiger partial charge in [-0.3, -0.25) is 53.2 Å². The van der Waals surface area contributed by atoms with Gasteiger partial charge in [-0.15, -0.1) is 11.8 Å². The molecule has 3 atom stereocenters. The van der Waals surface area contributed by atoms with E-state index in [1.807, 2.05) is 52.0 Å². The predicted molar refractivity (Wildman–Crippen MR) is 276 cm³/mol. The Kier molecular flexibility index (Phi) is 19.0. The number of primary amides is 1. The summed E-state index contributed by atoms with van der Waals surface area (Å²) in [5, 5.41) is 16.8. The van der Waals surface area contributed by atoms with Gasteiger partial charge in [0.05, 0.1) is 26.4 Å². The maximum absolute atomic E-state index is 13.2. The van der Waals surface area contributed by atoms with Crippen molar-refractivity contribution >= 4 is 90.5 Å². The van der Waals surface area contributed by atoms with E-state index in [0.29, 0.717) is 54.8 Å². The Balaban J connectivity index is 1.11. The summed E-state index contributed by atoms with van der Waals surface area (Å²) in [5.74, 6) is -3.66. The van der Waals surface area contributed by atoms with E-state index in [9.17, 15) is 54.7 Å². The molecular weight excluding hydrogens is 1000 g/mol. The summed E-state index contributed by atoms with van der Waals surface area (Å²) in [5.41, 5.74) is 13.7. The molecule has 0 saturated carbocycles. The van der Waals surface area contributed by atoms with Crippen molar-refractivity contribution in [2.45, 2.75) is 118 Å². The second-order valence-corrected chi connectivity index (χ2v) is 22.9. The molecule has 1 fully saturated rings. The molecule has 3 aliphatic heterocycles. The van der Waals surface area contributed by atoms with E-state index in [1.54, 1.807) is 18.2 Å². The number of carbonyl (C=O) groups is 6. The molecule has 396 valence electrons. The number of guanidine groups is 1. The van der Waals surface area contributed by atoms with Crippen molar-refractivity contribution < 1.29 is 54.7 Å². The molecular formula is C48H64N10O12S3. The minimum atomic E-state index is -4.49. The third kappa shape index (κ3) is 14.9. The molecule has 6 amide bonds. The fourth-order valence-corrected chi connectivity index (χ4v) is 10.9. The maximum Gasteiger partial charge on any atom is 0.294 e. The zero-order valence-corrected chi connectivity index (χ0v) is 43.7. The summed E-state index contributed by atoms with van der Waals surface area (Å²) in [6.45, 7) is 9.66. The van der Waals surface area contributed by atoms with Crippen LogP contribution in [0.2, 0.25) is 0 Å². The summed E-state index contributed by atoms with van der Waals surface area (Å²) in [6.07, 6.45) is 11.5. The summed E-state index contributed by atoms with van der Waals surface area (Å²) in [4.78, 5) is 83.3. The number of anilines is 1. The third-order valence-corrected chi connectivity index (χ3v) is 15.7. The van der Waals surface area contributed by atoms with Crippen LogP contribution in [0.3, 0.4) is 0 Å². The number of benzene rings is 2. The van der Waals surface area contributed by atoms with Crippen LogP contribution < -0.4 is 37.6 Å². The first-order valence-corrected chi connectivity index (χ1v) is 27.4. The minimum Gasteiger partial charge on any atom is -0.370 e. The highest BCUT2D eigenvalue weighted by Crippen LogP contribution is 2.49. The van der Waals surface area contributed by atoms with Crippen molar-refractivity contribution in [3.63, 3.8) is 0 Å². The standard InChI is InChI=1S/C48H64N10O12S3/c1-29(59)54-35(13-12-21-53-46(50)51)44(63)56-36(43(49)62)28-71-38-27-42(61)58(45(38)64)24-22-52-41(60)16-10-7-11-23-57-37-20-18-31(73(68,69)70)26-33(37)48(4,5)40(57)15-9-6-8-14-39-47(2,3)32-25-30(72(65,66)67)17-19-34(32)55-39/h6,8-9,14-15,17-20,25-26,35-36,38H,7,10-13,16,21-24,27-28H2,1-5H3,(H2,49,62)(H,52,60)(H,54,59)(H,56,63)(H4,50,51,53)(H,65,66,67)(H,68,69,70)/b9-6+,14-8+,40-15+/t35-,36-,38?/m1/s1. The number of allylic oxidation sites excluding steroid dienone is 6. The van der Waals surface area contributed by atoms with E-state index in [2.05, 4.69) is 31.2 Å². The van der Waals surface area contributed by atoms with Gasteiger partial charge in [-0.25, -0.2) is 0 Å². The van der Waals surface area contributed by atoms with Gasteiger partial charge in [0.1, 0.15) is 12.1 Å². The molecule has 25 heteroatoms. The molecule has 3 heterocycles. The lowest BCUT2D eigenvalue weighted by Gasteiger charge is -2.27. The lowest BCUT2D eigenvalue weighted by atomic mass is 9.81. The number of nitrogens with zero attached hydrogens (tertiary/aromatic N) is 3. The van der Waals surface area contributed by atoms with Crippen molar-refractivity contribution in [2.75, 3.05) is 36.8 Å². The van der Waals surface area contributed by atoms with E-state index in [4.69, 9.17) is 16.9 Å². The number of thioether (sulfide) groups is 1. The van der Waals surface area contributed by atoms with Gasteiger partial charge in [0, 0.05) is 73.9 Å². The molecule has 1 saturated heterocycles. The van der Waals surface area contributed by atoms with Crippen LogP contribution in [0.4, 0.5) is 11.4 Å². The minimum absolute atomic E-state index is 0.0135. The van der Waals surface area contributed by atoms with Crippen molar-refractivity contribution in [2.24, 2.45) is 16.5 Å². The van der Waals surface area contributed by atoms with Crippen LogP contribution in [-0.2, 0) is 59.8 Å². The normalized spacial score (nSPS) is 18.4. The number of nitrogens with two attached hydrogens (primary N) is 2. The Morgan fingerprint density at radius 2 is 1.51 bits per heavy atom. The van der Waals surface area contributed by atoms with Gasteiger partial charge in [0.2, 0.25) is 35.4 Å². The van der Waals surface area contributed by atoms with E-state index in [-0.39, 0.29) is 66.3 Å². The van der Waals surface area contributed by atoms with Gasteiger partial charge >= 0.3 is 0 Å². The van der Waals surface area contributed by atoms with Crippen LogP contribution in [0.1, 0.15) is 90.7 Å². The smallest absolute Gasteiger partial charge is 0.294 e. The number of fused-ring (bicyclic) bond motifs is 2. The van der Waals surface area contributed by atoms with Gasteiger partial charge in [-0.05, 0) is 85.4 Å². The SMILES string of the molecule is CC(=O)N[C@H](CCCNC(=N)N)C(=O)N[C@H](CSC1CC(=O)N(CCNC(=O)CCCCCN2/C(=C/C=C/C=C/C3=Nc4ccc(S(=O)(=O)O)cc4C3(C)C)C(C)(C)c3cc(S(=O)(=O)O)ccc32)C1=O)C(N)=O. The second kappa shape index (κ2) is 24.1. The molecule has 1 unspecified atom stereocenters. The van der Waals surface area contributed by atoms with Gasteiger partial charge in [0.15, 0.2) is 5.96 Å². The Bertz CT molecular complexity index is 2860. The van der Waals surface area contributed by atoms with Crippen molar-refractivity contribution in [1.29, 1.82) is 5.41 Å². The number of amides is 6. The van der Waals surface area contributed by atoms with Crippen LogP contribution in [0.25, 0.3) is 0 Å². The largest absolute Gasteiger partial charge is 0.370 e. The molecule has 2 aromatic rings. The Labute approximate surface area is 429 Å². The molecule has 0 radical (unpaired) electrons. The monoisotopic (exact) mass is 1070 g/mol. The van der Waals surface area contributed by atoms with Crippen molar-refractivity contribution in [3.8, 4) is 0 Å². The van der Waals surface area contributed by atoms with E-state index >= 15 is 0 Å². The molecule has 11 N–H and O–H groups in total. The quantitative estimate of drug-likeness (QED) is 0.0172. The molecule has 0 spiro atoms. The highest BCUT2D eigenvalue weighted by Gasteiger charge is 2.42.